The lowest BCUT2D eigenvalue weighted by atomic mass is 9.88. The maximum atomic E-state index is 13.3. The molecule has 3 aromatic rings. The Morgan fingerprint density at radius 2 is 2.00 bits per heavy atom. The summed E-state index contributed by atoms with van der Waals surface area (Å²) >= 11 is 0. The molecule has 0 amide bonds. The molecular weight excluding hydrogens is 494 g/mol. The molecule has 39 heavy (non-hydrogen) atoms. The van der Waals surface area contributed by atoms with Crippen molar-refractivity contribution in [1.29, 1.82) is 0 Å². The highest BCUT2D eigenvalue weighted by molar-refractivity contribution is 5.76. The molecule has 2 aliphatic heterocycles. The molecule has 2 fully saturated rings. The number of fused-ring (bicyclic) bond motifs is 2. The summed E-state index contributed by atoms with van der Waals surface area (Å²) in [6.45, 7) is 10.5. The van der Waals surface area contributed by atoms with Gasteiger partial charge < -0.3 is 25.0 Å². The molecule has 1 aliphatic carbocycles. The highest BCUT2D eigenvalue weighted by atomic mass is 16.5. The molecule has 10 heteroatoms. The molecule has 1 aromatic carbocycles. The van der Waals surface area contributed by atoms with Crippen molar-refractivity contribution in [1.82, 2.24) is 24.2 Å². The van der Waals surface area contributed by atoms with E-state index in [1.54, 1.807) is 17.0 Å². The van der Waals surface area contributed by atoms with Gasteiger partial charge in [-0.25, -0.2) is 9.67 Å². The van der Waals surface area contributed by atoms with Crippen LogP contribution in [-0.2, 0) is 11.3 Å². The van der Waals surface area contributed by atoms with E-state index in [9.17, 15) is 9.90 Å². The maximum absolute atomic E-state index is 13.3. The number of hydrogen-bond donors (Lipinski definition) is 2. The Balaban J connectivity index is 1.33. The van der Waals surface area contributed by atoms with Crippen LogP contribution in [-0.4, -0.2) is 74.8 Å². The minimum Gasteiger partial charge on any atom is -0.490 e. The fourth-order valence-electron chi connectivity index (χ4n) is 5.63. The number of aromatic nitrogens is 4. The van der Waals surface area contributed by atoms with Gasteiger partial charge in [0.05, 0.1) is 12.6 Å². The Morgan fingerprint density at radius 3 is 2.72 bits per heavy atom. The number of likely N-dealkylation sites (N-methyl/N-ethyl adjacent to an activating group) is 1. The second-order valence-electron chi connectivity index (χ2n) is 10.5. The fourth-order valence-corrected chi connectivity index (χ4v) is 5.63. The van der Waals surface area contributed by atoms with Crippen LogP contribution in [0.25, 0.3) is 11.0 Å². The Hall–Kier alpha value is -3.89. The van der Waals surface area contributed by atoms with Crippen molar-refractivity contribution in [3.63, 3.8) is 0 Å². The first kappa shape index (κ1) is 25.4. The predicted octanol–water partition coefficient (Wildman–Crippen LogP) is 3.20. The lowest BCUT2D eigenvalue weighted by molar-refractivity contribution is 0.0455. The van der Waals surface area contributed by atoms with Crippen LogP contribution in [0.4, 0.5) is 17.3 Å². The molecule has 2 unspecified atom stereocenters. The molecular formula is C29H35N7O3. The maximum Gasteiger partial charge on any atom is 0.278 e. The molecule has 2 atom stereocenters. The van der Waals surface area contributed by atoms with Crippen molar-refractivity contribution in [2.24, 2.45) is 0 Å². The molecule has 2 N–H and O–H groups in total. The molecule has 2 saturated heterocycles. The Kier molecular flexibility index (Phi) is 6.52. The first-order chi connectivity index (χ1) is 18.9. The van der Waals surface area contributed by atoms with Crippen LogP contribution >= 0.6 is 0 Å². The normalized spacial score (nSPS) is 23.3. The van der Waals surface area contributed by atoms with Gasteiger partial charge in [0.1, 0.15) is 23.4 Å². The lowest BCUT2D eigenvalue weighted by Gasteiger charge is -2.34. The van der Waals surface area contributed by atoms with E-state index in [1.807, 2.05) is 35.9 Å². The van der Waals surface area contributed by atoms with E-state index < -0.39 is 5.60 Å². The van der Waals surface area contributed by atoms with E-state index in [0.29, 0.717) is 36.4 Å². The summed E-state index contributed by atoms with van der Waals surface area (Å²) in [4.78, 5) is 27.3. The van der Waals surface area contributed by atoms with Gasteiger partial charge in [-0.15, -0.1) is 6.58 Å². The van der Waals surface area contributed by atoms with Gasteiger partial charge in [-0.1, -0.05) is 13.0 Å². The van der Waals surface area contributed by atoms with Crippen LogP contribution < -0.4 is 15.8 Å². The predicted molar refractivity (Wildman–Crippen MR) is 152 cm³/mol. The van der Waals surface area contributed by atoms with Crippen LogP contribution in [0.1, 0.15) is 25.8 Å². The molecule has 4 heterocycles. The van der Waals surface area contributed by atoms with E-state index >= 15 is 0 Å². The Labute approximate surface area is 227 Å². The molecule has 10 nitrogen and oxygen atoms in total. The second-order valence-corrected chi connectivity index (χ2v) is 10.5. The van der Waals surface area contributed by atoms with E-state index in [-0.39, 0.29) is 18.2 Å². The summed E-state index contributed by atoms with van der Waals surface area (Å²) < 4.78 is 9.30. The summed E-state index contributed by atoms with van der Waals surface area (Å²) in [5.74, 6) is 1.13. The van der Waals surface area contributed by atoms with Crippen LogP contribution in [0.15, 0.2) is 71.4 Å². The Morgan fingerprint density at radius 1 is 1.23 bits per heavy atom. The minimum absolute atomic E-state index is 0.172. The molecule has 6 rings (SSSR count). The highest BCUT2D eigenvalue weighted by Gasteiger charge is 2.42. The van der Waals surface area contributed by atoms with Gasteiger partial charge >= 0.3 is 0 Å². The van der Waals surface area contributed by atoms with Crippen molar-refractivity contribution in [2.45, 2.75) is 38.0 Å². The average Bonchev–Trinajstić information content (AvgIpc) is 3.43. The number of benzene rings is 1. The molecule has 0 spiro atoms. The van der Waals surface area contributed by atoms with E-state index in [4.69, 9.17) is 9.72 Å². The van der Waals surface area contributed by atoms with Crippen molar-refractivity contribution in [2.75, 3.05) is 50.1 Å². The minimum atomic E-state index is -1.03. The summed E-state index contributed by atoms with van der Waals surface area (Å²) in [5.41, 5.74) is 2.17. The molecule has 204 valence electrons. The number of nitrogens with zero attached hydrogens (tertiary/aromatic N) is 6. The summed E-state index contributed by atoms with van der Waals surface area (Å²) in [6, 6.07) is 8.06. The first-order valence-electron chi connectivity index (χ1n) is 13.6. The Bertz CT molecular complexity index is 1510. The van der Waals surface area contributed by atoms with Gasteiger partial charge in [0.2, 0.25) is 5.95 Å². The summed E-state index contributed by atoms with van der Waals surface area (Å²) in [7, 11) is 2.15. The number of piperazine rings is 1. The van der Waals surface area contributed by atoms with Crippen molar-refractivity contribution >= 4 is 28.4 Å². The number of allylic oxidation sites excluding steroid dienone is 3. The topological polar surface area (TPSA) is 101 Å². The standard InChI is InChI=1S/C29H35N7O3/c1-4-12-35-27(37)23-18-30-28(31-20-6-8-21(9-7-20)34-15-13-33(3)14-16-34)32-26(23)36(35)22-10-11-25-24(17-22)29(38,5-2)19-39-25/h4,6-9,11,17-18,22,38H,1,5,10,12-16,19H2,2-3H3,(H,30,31,32). The van der Waals surface area contributed by atoms with Gasteiger partial charge in [0.15, 0.2) is 5.65 Å². The van der Waals surface area contributed by atoms with E-state index in [2.05, 4.69) is 45.9 Å². The number of anilines is 3. The number of nitrogens with one attached hydrogen (secondary N) is 1. The van der Waals surface area contributed by atoms with Crippen LogP contribution in [0.3, 0.4) is 0 Å². The summed E-state index contributed by atoms with van der Waals surface area (Å²) in [5, 5.41) is 14.8. The third-order valence-electron chi connectivity index (χ3n) is 8.04. The zero-order chi connectivity index (χ0) is 27.1. The first-order valence-corrected chi connectivity index (χ1v) is 13.6. The number of hydrogen-bond acceptors (Lipinski definition) is 8. The SMILES string of the molecule is C=CCn1c(=O)c2cnc(Nc3ccc(N4CCN(C)CC4)cc3)nc2n1C1C=C2C(=CC1)OCC2(O)CC. The fraction of sp³-hybridized carbons (Fsp3) is 0.414. The number of aliphatic hydroxyl groups is 1. The van der Waals surface area contributed by atoms with Crippen LogP contribution in [0.5, 0.6) is 0 Å². The van der Waals surface area contributed by atoms with Crippen molar-refractivity contribution in [3.05, 3.63) is 77.0 Å². The highest BCUT2D eigenvalue weighted by Crippen LogP contribution is 2.41. The average molecular weight is 530 g/mol. The van der Waals surface area contributed by atoms with Crippen LogP contribution in [0.2, 0.25) is 0 Å². The molecule has 0 radical (unpaired) electrons. The monoisotopic (exact) mass is 529 g/mol. The molecule has 0 saturated carbocycles. The van der Waals surface area contributed by atoms with E-state index in [0.717, 1.165) is 43.2 Å². The van der Waals surface area contributed by atoms with Crippen LogP contribution in [0, 0.1) is 0 Å². The van der Waals surface area contributed by atoms with Crippen molar-refractivity contribution in [3.8, 4) is 0 Å². The lowest BCUT2D eigenvalue weighted by Crippen LogP contribution is -2.44. The van der Waals surface area contributed by atoms with Gasteiger partial charge in [-0.2, -0.15) is 4.98 Å². The van der Waals surface area contributed by atoms with E-state index in [1.165, 1.54) is 5.69 Å². The smallest absolute Gasteiger partial charge is 0.278 e. The summed E-state index contributed by atoms with van der Waals surface area (Å²) in [6.07, 6.45) is 8.43. The number of rotatable bonds is 7. The molecule has 3 aliphatic rings. The zero-order valence-corrected chi connectivity index (χ0v) is 22.5. The second kappa shape index (κ2) is 10.0. The van der Waals surface area contributed by atoms with Crippen molar-refractivity contribution < 1.29 is 9.84 Å². The van der Waals surface area contributed by atoms with Gasteiger partial charge in [0.25, 0.3) is 5.56 Å². The largest absolute Gasteiger partial charge is 0.490 e. The number of ether oxygens (including phenoxy) is 1. The van der Waals surface area contributed by atoms with Gasteiger partial charge in [0, 0.05) is 49.3 Å². The zero-order valence-electron chi connectivity index (χ0n) is 22.5. The third-order valence-corrected chi connectivity index (χ3v) is 8.04. The third kappa shape index (κ3) is 4.53. The van der Waals surface area contributed by atoms with Gasteiger partial charge in [-0.3, -0.25) is 9.48 Å². The molecule has 2 aromatic heterocycles. The quantitative estimate of drug-likeness (QED) is 0.450. The van der Waals surface area contributed by atoms with Gasteiger partial charge in [-0.05, 0) is 56.3 Å². The molecule has 0 bridgehead atoms.